The smallest absolute Gasteiger partial charge is 0.419 e. The van der Waals surface area contributed by atoms with Crippen molar-refractivity contribution in [2.24, 2.45) is 0 Å². The summed E-state index contributed by atoms with van der Waals surface area (Å²) in [6, 6.07) is 3.71. The van der Waals surface area contributed by atoms with Crippen molar-refractivity contribution in [3.05, 3.63) is 53.6 Å². The summed E-state index contributed by atoms with van der Waals surface area (Å²) in [6.07, 6.45) is -2.12. The maximum absolute atomic E-state index is 13.1. The zero-order chi connectivity index (χ0) is 14.8. The van der Waals surface area contributed by atoms with Crippen LogP contribution < -0.4 is 4.74 Å². The Bertz CT molecular complexity index is 614. The molecule has 0 radical (unpaired) electrons. The largest absolute Gasteiger partial charge is 0.457 e. The van der Waals surface area contributed by atoms with Gasteiger partial charge >= 0.3 is 6.18 Å². The molecule has 1 aromatic carbocycles. The van der Waals surface area contributed by atoms with Gasteiger partial charge in [-0.3, -0.25) is 4.98 Å². The third-order valence-electron chi connectivity index (χ3n) is 2.50. The van der Waals surface area contributed by atoms with E-state index in [1.807, 2.05) is 0 Å². The summed E-state index contributed by atoms with van der Waals surface area (Å²) >= 11 is 0. The summed E-state index contributed by atoms with van der Waals surface area (Å²) in [5.41, 5.74) is -1.10. The lowest BCUT2D eigenvalue weighted by molar-refractivity contribution is -0.140. The maximum atomic E-state index is 13.1. The Morgan fingerprint density at radius 3 is 2.60 bits per heavy atom. The minimum absolute atomic E-state index is 0.155. The fourth-order valence-electron chi connectivity index (χ4n) is 1.54. The third-order valence-corrected chi connectivity index (χ3v) is 2.50. The minimum atomic E-state index is -4.80. The molecule has 20 heavy (non-hydrogen) atoms. The molecule has 0 fully saturated rings. The number of nitrogens with zero attached hydrogens (tertiary/aromatic N) is 1. The van der Waals surface area contributed by atoms with Crippen LogP contribution in [0.3, 0.4) is 0 Å². The van der Waals surface area contributed by atoms with Crippen LogP contribution in [0.1, 0.15) is 11.1 Å². The van der Waals surface area contributed by atoms with Crippen LogP contribution in [-0.2, 0) is 12.8 Å². The molecule has 0 bridgehead atoms. The van der Waals surface area contributed by atoms with Crippen LogP contribution in [0.2, 0.25) is 0 Å². The summed E-state index contributed by atoms with van der Waals surface area (Å²) in [5, 5.41) is 9.06. The van der Waals surface area contributed by atoms with Crippen molar-refractivity contribution in [1.82, 2.24) is 4.98 Å². The van der Waals surface area contributed by atoms with Gasteiger partial charge in [0, 0.05) is 18.0 Å². The Morgan fingerprint density at radius 1 is 1.20 bits per heavy atom. The van der Waals surface area contributed by atoms with Crippen molar-refractivity contribution in [1.29, 1.82) is 0 Å². The number of halogens is 4. The molecule has 7 heteroatoms. The van der Waals surface area contributed by atoms with Crippen LogP contribution in [0, 0.1) is 5.82 Å². The van der Waals surface area contributed by atoms with Gasteiger partial charge in [-0.2, -0.15) is 13.2 Å². The van der Waals surface area contributed by atoms with Gasteiger partial charge in [0.15, 0.2) is 0 Å². The number of ether oxygens (including phenoxy) is 1. The zero-order valence-electron chi connectivity index (χ0n) is 9.99. The lowest BCUT2D eigenvalue weighted by atomic mass is 10.2. The second-order valence-corrected chi connectivity index (χ2v) is 3.88. The average molecular weight is 287 g/mol. The van der Waals surface area contributed by atoms with Gasteiger partial charge in [0.05, 0.1) is 12.2 Å². The Kier molecular flexibility index (Phi) is 3.89. The van der Waals surface area contributed by atoms with E-state index in [1.165, 1.54) is 18.5 Å². The van der Waals surface area contributed by atoms with Crippen LogP contribution in [0.15, 0.2) is 36.7 Å². The molecule has 106 valence electrons. The predicted molar refractivity (Wildman–Crippen MR) is 61.6 cm³/mol. The zero-order valence-corrected chi connectivity index (χ0v) is 9.99. The number of alkyl halides is 3. The second kappa shape index (κ2) is 5.46. The quantitative estimate of drug-likeness (QED) is 0.878. The van der Waals surface area contributed by atoms with Crippen LogP contribution in [-0.4, -0.2) is 10.1 Å². The van der Waals surface area contributed by atoms with E-state index in [2.05, 4.69) is 4.98 Å². The molecule has 0 aliphatic rings. The topological polar surface area (TPSA) is 42.4 Å². The van der Waals surface area contributed by atoms with Gasteiger partial charge in [-0.05, 0) is 24.3 Å². The summed E-state index contributed by atoms with van der Waals surface area (Å²) < 4.78 is 56.1. The van der Waals surface area contributed by atoms with Crippen LogP contribution in [0.25, 0.3) is 0 Å². The average Bonchev–Trinajstić information content (AvgIpc) is 2.40. The molecule has 0 amide bonds. The molecule has 1 heterocycles. The fraction of sp³-hybridized carbons (Fsp3) is 0.154. The highest BCUT2D eigenvalue weighted by Gasteiger charge is 2.34. The first-order chi connectivity index (χ1) is 9.41. The molecule has 0 aliphatic heterocycles. The Labute approximate surface area is 111 Å². The number of aliphatic hydroxyl groups excluding tert-OH is 1. The molecule has 3 nitrogen and oxygen atoms in total. The number of hydrogen-bond acceptors (Lipinski definition) is 3. The van der Waals surface area contributed by atoms with Gasteiger partial charge in [0.25, 0.3) is 0 Å². The van der Waals surface area contributed by atoms with E-state index in [0.29, 0.717) is 17.7 Å². The molecule has 0 saturated carbocycles. The molecule has 1 N–H and O–H groups in total. The SMILES string of the molecule is OCc1cnccc1Oc1ccc(F)c(C(F)(F)F)c1. The molecule has 1 aromatic heterocycles. The van der Waals surface area contributed by atoms with Crippen molar-refractivity contribution < 1.29 is 27.4 Å². The van der Waals surface area contributed by atoms with Crippen molar-refractivity contribution in [2.45, 2.75) is 12.8 Å². The lowest BCUT2D eigenvalue weighted by Gasteiger charge is -2.12. The summed E-state index contributed by atoms with van der Waals surface area (Å²) in [7, 11) is 0. The van der Waals surface area contributed by atoms with E-state index >= 15 is 0 Å². The highest BCUT2D eigenvalue weighted by molar-refractivity contribution is 5.38. The Morgan fingerprint density at radius 2 is 1.95 bits per heavy atom. The van der Waals surface area contributed by atoms with E-state index in [9.17, 15) is 17.6 Å². The number of aromatic nitrogens is 1. The molecule has 0 saturated heterocycles. The van der Waals surface area contributed by atoms with Crippen molar-refractivity contribution in [3.63, 3.8) is 0 Å². The van der Waals surface area contributed by atoms with Crippen LogP contribution >= 0.6 is 0 Å². The number of aliphatic hydroxyl groups is 1. The molecule has 2 rings (SSSR count). The predicted octanol–water partition coefficient (Wildman–Crippen LogP) is 3.52. The lowest BCUT2D eigenvalue weighted by Crippen LogP contribution is -2.08. The number of pyridine rings is 1. The molecular formula is C13H9F4NO2. The number of hydrogen-bond donors (Lipinski definition) is 1. The van der Waals surface area contributed by atoms with Gasteiger partial charge in [0.2, 0.25) is 0 Å². The summed E-state index contributed by atoms with van der Waals surface area (Å²) in [5.74, 6) is -1.40. The normalized spacial score (nSPS) is 11.4. The van der Waals surface area contributed by atoms with Crippen molar-refractivity contribution in [2.75, 3.05) is 0 Å². The van der Waals surface area contributed by atoms with Gasteiger partial charge < -0.3 is 9.84 Å². The number of rotatable bonds is 3. The molecule has 0 atom stereocenters. The highest BCUT2D eigenvalue weighted by Crippen LogP contribution is 2.35. The Hall–Kier alpha value is -2.15. The van der Waals surface area contributed by atoms with E-state index in [-0.39, 0.29) is 18.1 Å². The van der Waals surface area contributed by atoms with E-state index in [4.69, 9.17) is 9.84 Å². The standard InChI is InChI=1S/C13H9F4NO2/c14-11-2-1-9(5-10(11)13(15,16)17)20-12-3-4-18-6-8(12)7-19/h1-6,19H,7H2. The van der Waals surface area contributed by atoms with Crippen molar-refractivity contribution >= 4 is 0 Å². The monoisotopic (exact) mass is 287 g/mol. The maximum Gasteiger partial charge on any atom is 0.419 e. The molecule has 2 aromatic rings. The third kappa shape index (κ3) is 3.05. The van der Waals surface area contributed by atoms with Gasteiger partial charge in [-0.1, -0.05) is 0 Å². The van der Waals surface area contributed by atoms with Crippen molar-refractivity contribution in [3.8, 4) is 11.5 Å². The minimum Gasteiger partial charge on any atom is -0.457 e. The number of benzene rings is 1. The van der Waals surface area contributed by atoms with E-state index < -0.39 is 17.6 Å². The first-order valence-corrected chi connectivity index (χ1v) is 5.50. The molecule has 0 aliphatic carbocycles. The molecular weight excluding hydrogens is 278 g/mol. The molecule has 0 unspecified atom stereocenters. The summed E-state index contributed by atoms with van der Waals surface area (Å²) in [4.78, 5) is 3.75. The van der Waals surface area contributed by atoms with Gasteiger partial charge in [-0.15, -0.1) is 0 Å². The first kappa shape index (κ1) is 14.3. The van der Waals surface area contributed by atoms with E-state index in [1.54, 1.807) is 0 Å². The highest BCUT2D eigenvalue weighted by atomic mass is 19.4. The molecule has 0 spiro atoms. The Balaban J connectivity index is 2.35. The second-order valence-electron chi connectivity index (χ2n) is 3.88. The van der Waals surface area contributed by atoms with E-state index in [0.717, 1.165) is 6.07 Å². The summed E-state index contributed by atoms with van der Waals surface area (Å²) in [6.45, 7) is -0.378. The van der Waals surface area contributed by atoms with Crippen LogP contribution in [0.5, 0.6) is 11.5 Å². The van der Waals surface area contributed by atoms with Crippen LogP contribution in [0.4, 0.5) is 17.6 Å². The first-order valence-electron chi connectivity index (χ1n) is 5.50. The van der Waals surface area contributed by atoms with Gasteiger partial charge in [0.1, 0.15) is 17.3 Å². The fourth-order valence-corrected chi connectivity index (χ4v) is 1.54. The van der Waals surface area contributed by atoms with Gasteiger partial charge in [-0.25, -0.2) is 4.39 Å².